The number of hydrogen-bond donors (Lipinski definition) is 4. The van der Waals surface area contributed by atoms with E-state index in [1.807, 2.05) is 30.3 Å². The molecule has 3 aromatic rings. The number of ether oxygens (including phenoxy) is 2. The number of fused-ring (bicyclic) bond motifs is 1. The first-order chi connectivity index (χ1) is 19.6. The number of methoxy groups -OCH3 is 1. The Morgan fingerprint density at radius 3 is 2.15 bits per heavy atom. The van der Waals surface area contributed by atoms with E-state index in [1.165, 1.54) is 7.11 Å². The molecule has 4 N–H and O–H groups in total. The number of alkyl carbamates (subject to hydrolysis) is 1. The second-order valence-corrected chi connectivity index (χ2v) is 10.2. The Morgan fingerprint density at radius 2 is 1.49 bits per heavy atom. The fourth-order valence-corrected chi connectivity index (χ4v) is 4.16. The predicted octanol–water partition coefficient (Wildman–Crippen LogP) is 4.66. The molecule has 1 aliphatic rings. The Hall–Kier alpha value is -5.12. The van der Waals surface area contributed by atoms with Crippen molar-refractivity contribution in [3.63, 3.8) is 0 Å². The van der Waals surface area contributed by atoms with Crippen LogP contribution in [-0.2, 0) is 14.3 Å². The SMILES string of the molecule is COC(=O)c1ccc2c(c1)NC(=O)/C2=C(\Nc1ccc(C(=O)NCCNC(=O)OC(C)(C)C)cc1)c1ccccc1. The summed E-state index contributed by atoms with van der Waals surface area (Å²) in [6, 6.07) is 21.1. The maximum Gasteiger partial charge on any atom is 0.407 e. The van der Waals surface area contributed by atoms with E-state index in [4.69, 9.17) is 9.47 Å². The lowest BCUT2D eigenvalue weighted by atomic mass is 9.99. The molecule has 0 aliphatic carbocycles. The van der Waals surface area contributed by atoms with Gasteiger partial charge in [0.05, 0.1) is 29.6 Å². The monoisotopic (exact) mass is 556 g/mol. The van der Waals surface area contributed by atoms with E-state index in [1.54, 1.807) is 63.2 Å². The van der Waals surface area contributed by atoms with Gasteiger partial charge in [0.2, 0.25) is 0 Å². The highest BCUT2D eigenvalue weighted by atomic mass is 16.6. The molecule has 4 rings (SSSR count). The normalized spacial score (nSPS) is 13.4. The molecule has 10 nitrogen and oxygen atoms in total. The number of benzene rings is 3. The van der Waals surface area contributed by atoms with Crippen LogP contribution in [0.4, 0.5) is 16.2 Å². The highest BCUT2D eigenvalue weighted by Crippen LogP contribution is 2.38. The molecule has 10 heteroatoms. The van der Waals surface area contributed by atoms with E-state index in [0.29, 0.717) is 39.3 Å². The molecule has 212 valence electrons. The van der Waals surface area contributed by atoms with Crippen LogP contribution in [0.2, 0.25) is 0 Å². The van der Waals surface area contributed by atoms with Crippen molar-refractivity contribution in [2.24, 2.45) is 0 Å². The lowest BCUT2D eigenvalue weighted by Crippen LogP contribution is -2.37. The van der Waals surface area contributed by atoms with Gasteiger partial charge in [-0.3, -0.25) is 9.59 Å². The van der Waals surface area contributed by atoms with Gasteiger partial charge >= 0.3 is 12.1 Å². The van der Waals surface area contributed by atoms with Crippen LogP contribution in [0.1, 0.15) is 52.6 Å². The summed E-state index contributed by atoms with van der Waals surface area (Å²) in [4.78, 5) is 49.5. The minimum Gasteiger partial charge on any atom is -0.465 e. The van der Waals surface area contributed by atoms with Crippen LogP contribution in [-0.4, -0.2) is 49.7 Å². The molecule has 1 aliphatic heterocycles. The zero-order valence-corrected chi connectivity index (χ0v) is 23.3. The molecule has 0 saturated carbocycles. The van der Waals surface area contributed by atoms with Gasteiger partial charge in [0.25, 0.3) is 11.8 Å². The van der Waals surface area contributed by atoms with Crippen LogP contribution in [0.15, 0.2) is 72.8 Å². The highest BCUT2D eigenvalue weighted by molar-refractivity contribution is 6.37. The van der Waals surface area contributed by atoms with E-state index in [-0.39, 0.29) is 24.9 Å². The van der Waals surface area contributed by atoms with Gasteiger partial charge in [-0.25, -0.2) is 9.59 Å². The standard InChI is InChI=1S/C31H32N4O6/c1-31(2,3)41-30(39)33-17-16-32-27(36)20-10-13-22(14-11-20)34-26(19-8-6-5-7-9-19)25-23-15-12-21(29(38)40-4)18-24(23)35-28(25)37/h5-15,18,34H,16-17H2,1-4H3,(H,32,36)(H,33,39)(H,35,37)/b26-25-. The Balaban J connectivity index is 1.50. The molecule has 41 heavy (non-hydrogen) atoms. The number of esters is 1. The zero-order chi connectivity index (χ0) is 29.6. The molecular weight excluding hydrogens is 524 g/mol. The molecule has 0 fully saturated rings. The van der Waals surface area contributed by atoms with Crippen molar-refractivity contribution in [1.29, 1.82) is 0 Å². The number of amides is 3. The van der Waals surface area contributed by atoms with Gasteiger partial charge in [0.15, 0.2) is 0 Å². The van der Waals surface area contributed by atoms with Crippen LogP contribution in [0.5, 0.6) is 0 Å². The zero-order valence-electron chi connectivity index (χ0n) is 23.3. The topological polar surface area (TPSA) is 135 Å². The summed E-state index contributed by atoms with van der Waals surface area (Å²) in [5, 5.41) is 11.5. The van der Waals surface area contributed by atoms with Crippen molar-refractivity contribution in [2.45, 2.75) is 26.4 Å². The second kappa shape index (κ2) is 12.4. The molecular formula is C31H32N4O6. The second-order valence-electron chi connectivity index (χ2n) is 10.2. The summed E-state index contributed by atoms with van der Waals surface area (Å²) in [7, 11) is 1.30. The van der Waals surface area contributed by atoms with Gasteiger partial charge in [-0.05, 0) is 62.7 Å². The summed E-state index contributed by atoms with van der Waals surface area (Å²) in [6.45, 7) is 5.77. The highest BCUT2D eigenvalue weighted by Gasteiger charge is 2.29. The third-order valence-corrected chi connectivity index (χ3v) is 5.99. The van der Waals surface area contributed by atoms with Crippen LogP contribution in [0, 0.1) is 0 Å². The van der Waals surface area contributed by atoms with E-state index < -0.39 is 17.7 Å². The molecule has 0 unspecified atom stereocenters. The quantitative estimate of drug-likeness (QED) is 0.180. The van der Waals surface area contributed by atoms with Crippen molar-refractivity contribution in [2.75, 3.05) is 30.8 Å². The van der Waals surface area contributed by atoms with Gasteiger partial charge in [0, 0.05) is 29.9 Å². The third kappa shape index (κ3) is 7.30. The number of anilines is 2. The van der Waals surface area contributed by atoms with Crippen LogP contribution in [0.25, 0.3) is 11.3 Å². The fraction of sp³-hybridized carbons (Fsp3) is 0.226. The van der Waals surface area contributed by atoms with Crippen molar-refractivity contribution in [3.05, 3.63) is 95.1 Å². The molecule has 0 bridgehead atoms. The smallest absolute Gasteiger partial charge is 0.407 e. The van der Waals surface area contributed by atoms with Crippen LogP contribution >= 0.6 is 0 Å². The number of hydrogen-bond acceptors (Lipinski definition) is 7. The van der Waals surface area contributed by atoms with Gasteiger partial charge in [-0.2, -0.15) is 0 Å². The molecule has 3 amide bonds. The molecule has 0 radical (unpaired) electrons. The lowest BCUT2D eigenvalue weighted by molar-refractivity contribution is -0.110. The Labute approximate surface area is 238 Å². The Morgan fingerprint density at radius 1 is 0.829 bits per heavy atom. The molecule has 0 saturated heterocycles. The number of carbonyl (C=O) groups is 4. The first kappa shape index (κ1) is 28.9. The van der Waals surface area contributed by atoms with Crippen molar-refractivity contribution in [1.82, 2.24) is 10.6 Å². The molecule has 0 spiro atoms. The largest absolute Gasteiger partial charge is 0.465 e. The van der Waals surface area contributed by atoms with E-state index in [2.05, 4.69) is 21.3 Å². The lowest BCUT2D eigenvalue weighted by Gasteiger charge is -2.19. The number of rotatable bonds is 8. The average Bonchev–Trinajstić information content (AvgIpc) is 3.27. The van der Waals surface area contributed by atoms with Crippen LogP contribution in [0.3, 0.4) is 0 Å². The van der Waals surface area contributed by atoms with Crippen molar-refractivity contribution in [3.8, 4) is 0 Å². The van der Waals surface area contributed by atoms with Gasteiger partial charge in [-0.1, -0.05) is 36.4 Å². The number of carbonyl (C=O) groups excluding carboxylic acids is 4. The predicted molar refractivity (Wildman–Crippen MR) is 156 cm³/mol. The van der Waals surface area contributed by atoms with Crippen molar-refractivity contribution >= 4 is 46.5 Å². The van der Waals surface area contributed by atoms with Crippen LogP contribution < -0.4 is 21.3 Å². The molecule has 0 aromatic heterocycles. The molecule has 3 aromatic carbocycles. The average molecular weight is 557 g/mol. The molecule has 1 heterocycles. The van der Waals surface area contributed by atoms with E-state index >= 15 is 0 Å². The van der Waals surface area contributed by atoms with Gasteiger partial charge in [0.1, 0.15) is 5.60 Å². The first-order valence-corrected chi connectivity index (χ1v) is 13.0. The summed E-state index contributed by atoms with van der Waals surface area (Å²) in [5.74, 6) is -1.11. The summed E-state index contributed by atoms with van der Waals surface area (Å²) in [6.07, 6.45) is -0.548. The maximum absolute atomic E-state index is 13.2. The summed E-state index contributed by atoms with van der Waals surface area (Å²) < 4.78 is 9.97. The Kier molecular flexibility index (Phi) is 8.72. The maximum atomic E-state index is 13.2. The first-order valence-electron chi connectivity index (χ1n) is 13.0. The fourth-order valence-electron chi connectivity index (χ4n) is 4.16. The summed E-state index contributed by atoms with van der Waals surface area (Å²) >= 11 is 0. The minimum atomic E-state index is -0.599. The summed E-state index contributed by atoms with van der Waals surface area (Å²) in [5.41, 5.74) is 3.74. The van der Waals surface area contributed by atoms with E-state index in [0.717, 1.165) is 5.56 Å². The van der Waals surface area contributed by atoms with Crippen molar-refractivity contribution < 1.29 is 28.7 Å². The third-order valence-electron chi connectivity index (χ3n) is 5.99. The minimum absolute atomic E-state index is 0.221. The van der Waals surface area contributed by atoms with Gasteiger partial charge in [-0.15, -0.1) is 0 Å². The molecule has 0 atom stereocenters. The Bertz CT molecular complexity index is 1490. The number of nitrogens with one attached hydrogen (secondary N) is 4. The van der Waals surface area contributed by atoms with E-state index in [9.17, 15) is 19.2 Å². The van der Waals surface area contributed by atoms with Gasteiger partial charge < -0.3 is 30.7 Å².